The predicted molar refractivity (Wildman–Crippen MR) is 88.9 cm³/mol. The summed E-state index contributed by atoms with van der Waals surface area (Å²) in [6.45, 7) is 2.66. The van der Waals surface area contributed by atoms with E-state index in [1.54, 1.807) is 11.2 Å². The summed E-state index contributed by atoms with van der Waals surface area (Å²) in [7, 11) is 0. The third-order valence-corrected chi connectivity index (χ3v) is 3.96. The van der Waals surface area contributed by atoms with Gasteiger partial charge in [0.1, 0.15) is 5.76 Å². The third kappa shape index (κ3) is 4.45. The second-order valence-corrected chi connectivity index (χ2v) is 5.88. The maximum absolute atomic E-state index is 12.5. The number of rotatable bonds is 6. The second-order valence-electron chi connectivity index (χ2n) is 5.88. The van der Waals surface area contributed by atoms with Gasteiger partial charge in [0, 0.05) is 19.6 Å². The van der Waals surface area contributed by atoms with Gasteiger partial charge in [0.2, 0.25) is 11.8 Å². The molecule has 24 heavy (non-hydrogen) atoms. The molecule has 0 radical (unpaired) electrons. The number of carbonyl (C=O) groups is 2. The number of nitrogens with one attached hydrogen (secondary N) is 1. The molecule has 2 aromatic rings. The number of benzene rings is 1. The summed E-state index contributed by atoms with van der Waals surface area (Å²) in [6, 6.07) is 13.7. The topological polar surface area (TPSA) is 65.8 Å². The highest BCUT2D eigenvalue weighted by Crippen LogP contribution is 2.11. The molecule has 126 valence electrons. The molecule has 1 aromatic heterocycles. The van der Waals surface area contributed by atoms with E-state index in [9.17, 15) is 9.59 Å². The van der Waals surface area contributed by atoms with Crippen LogP contribution >= 0.6 is 0 Å². The first-order valence-corrected chi connectivity index (χ1v) is 8.04. The summed E-state index contributed by atoms with van der Waals surface area (Å²) in [6.07, 6.45) is 1.63. The van der Waals surface area contributed by atoms with Gasteiger partial charge < -0.3 is 14.6 Å². The van der Waals surface area contributed by atoms with Crippen LogP contribution in [0.1, 0.15) is 11.3 Å². The Labute approximate surface area is 141 Å². The van der Waals surface area contributed by atoms with E-state index in [1.807, 2.05) is 47.4 Å². The van der Waals surface area contributed by atoms with Gasteiger partial charge in [-0.05, 0) is 17.7 Å². The van der Waals surface area contributed by atoms with Crippen molar-refractivity contribution in [3.8, 4) is 0 Å². The summed E-state index contributed by atoms with van der Waals surface area (Å²) < 4.78 is 5.42. The highest BCUT2D eigenvalue weighted by molar-refractivity contribution is 5.86. The Hall–Kier alpha value is -2.60. The molecule has 2 heterocycles. The van der Waals surface area contributed by atoms with E-state index in [0.29, 0.717) is 26.2 Å². The van der Waals surface area contributed by atoms with Gasteiger partial charge in [-0.3, -0.25) is 14.5 Å². The Morgan fingerprint density at radius 2 is 2.00 bits per heavy atom. The molecule has 1 aromatic carbocycles. The number of piperazine rings is 1. The molecule has 1 saturated heterocycles. The van der Waals surface area contributed by atoms with Crippen molar-refractivity contribution in [2.75, 3.05) is 26.2 Å². The van der Waals surface area contributed by atoms with E-state index < -0.39 is 0 Å². The summed E-state index contributed by atoms with van der Waals surface area (Å²) in [5.74, 6) is 0.678. The van der Waals surface area contributed by atoms with Crippen molar-refractivity contribution >= 4 is 11.8 Å². The lowest BCUT2D eigenvalue weighted by atomic mass is 10.2. The highest BCUT2D eigenvalue weighted by atomic mass is 16.3. The minimum atomic E-state index is -0.102. The first kappa shape index (κ1) is 16.3. The monoisotopic (exact) mass is 327 g/mol. The van der Waals surface area contributed by atoms with Crippen molar-refractivity contribution in [1.29, 1.82) is 0 Å². The molecule has 0 bridgehead atoms. The van der Waals surface area contributed by atoms with E-state index in [-0.39, 0.29) is 24.9 Å². The fourth-order valence-electron chi connectivity index (χ4n) is 2.78. The maximum atomic E-state index is 12.5. The van der Waals surface area contributed by atoms with E-state index in [2.05, 4.69) is 5.32 Å². The molecule has 6 nitrogen and oxygen atoms in total. The third-order valence-electron chi connectivity index (χ3n) is 3.96. The molecular formula is C18H21N3O3. The van der Waals surface area contributed by atoms with Gasteiger partial charge in [0.15, 0.2) is 0 Å². The zero-order valence-electron chi connectivity index (χ0n) is 13.5. The van der Waals surface area contributed by atoms with Crippen LogP contribution in [0.5, 0.6) is 0 Å². The van der Waals surface area contributed by atoms with Gasteiger partial charge in [-0.1, -0.05) is 30.3 Å². The van der Waals surface area contributed by atoms with Crippen molar-refractivity contribution in [1.82, 2.24) is 15.1 Å². The lowest BCUT2D eigenvalue weighted by Gasteiger charge is -2.29. The van der Waals surface area contributed by atoms with Crippen LogP contribution in [-0.2, 0) is 22.7 Å². The standard InChI is InChI=1S/C18H21N3O3/c22-17-13-21(9-8-19-17)18(23)14-20(12-16-7-4-10-24-16)11-15-5-2-1-3-6-15/h1-7,10H,8-9,11-14H2,(H,19,22). The van der Waals surface area contributed by atoms with E-state index in [4.69, 9.17) is 4.42 Å². The zero-order valence-corrected chi connectivity index (χ0v) is 13.5. The molecule has 2 amide bonds. The van der Waals surface area contributed by atoms with Gasteiger partial charge in [-0.25, -0.2) is 0 Å². The molecule has 0 saturated carbocycles. The number of nitrogens with zero attached hydrogens (tertiary/aromatic N) is 2. The molecule has 6 heteroatoms. The summed E-state index contributed by atoms with van der Waals surface area (Å²) in [5, 5.41) is 2.73. The molecule has 1 N–H and O–H groups in total. The molecule has 0 aliphatic carbocycles. The van der Waals surface area contributed by atoms with Crippen LogP contribution in [0.4, 0.5) is 0 Å². The Morgan fingerprint density at radius 1 is 1.17 bits per heavy atom. The molecule has 3 rings (SSSR count). The number of furan rings is 1. The van der Waals surface area contributed by atoms with Crippen molar-refractivity contribution in [2.45, 2.75) is 13.1 Å². The Bertz CT molecular complexity index is 670. The molecule has 1 fully saturated rings. The molecular weight excluding hydrogens is 306 g/mol. The molecule has 0 spiro atoms. The predicted octanol–water partition coefficient (Wildman–Crippen LogP) is 1.24. The SMILES string of the molecule is O=C1CN(C(=O)CN(Cc2ccccc2)Cc2ccco2)CCN1. The fourth-order valence-corrected chi connectivity index (χ4v) is 2.78. The zero-order chi connectivity index (χ0) is 16.8. The first-order valence-electron chi connectivity index (χ1n) is 8.04. The number of hydrogen-bond acceptors (Lipinski definition) is 4. The number of amides is 2. The van der Waals surface area contributed by atoms with Crippen LogP contribution < -0.4 is 5.32 Å². The minimum absolute atomic E-state index is 0.0349. The molecule has 1 aliphatic rings. The average Bonchev–Trinajstić information content (AvgIpc) is 3.08. The number of carbonyl (C=O) groups excluding carboxylic acids is 2. The largest absolute Gasteiger partial charge is 0.468 e. The fraction of sp³-hybridized carbons (Fsp3) is 0.333. The lowest BCUT2D eigenvalue weighted by molar-refractivity contribution is -0.139. The van der Waals surface area contributed by atoms with Gasteiger partial charge in [0.25, 0.3) is 0 Å². The van der Waals surface area contributed by atoms with Gasteiger partial charge >= 0.3 is 0 Å². The summed E-state index contributed by atoms with van der Waals surface area (Å²) >= 11 is 0. The quantitative estimate of drug-likeness (QED) is 0.867. The summed E-state index contributed by atoms with van der Waals surface area (Å²) in [5.41, 5.74) is 1.13. The molecule has 0 atom stereocenters. The van der Waals surface area contributed by atoms with Crippen LogP contribution in [-0.4, -0.2) is 47.8 Å². The first-order chi connectivity index (χ1) is 11.7. The lowest BCUT2D eigenvalue weighted by Crippen LogP contribution is -2.52. The van der Waals surface area contributed by atoms with Gasteiger partial charge in [0.05, 0.1) is 25.9 Å². The van der Waals surface area contributed by atoms with Gasteiger partial charge in [-0.2, -0.15) is 0 Å². The van der Waals surface area contributed by atoms with Crippen LogP contribution in [0.15, 0.2) is 53.1 Å². The second kappa shape index (κ2) is 7.79. The van der Waals surface area contributed by atoms with Crippen LogP contribution in [0, 0.1) is 0 Å². The van der Waals surface area contributed by atoms with E-state index in [0.717, 1.165) is 11.3 Å². The highest BCUT2D eigenvalue weighted by Gasteiger charge is 2.23. The molecule has 0 unspecified atom stereocenters. The van der Waals surface area contributed by atoms with Gasteiger partial charge in [-0.15, -0.1) is 0 Å². The maximum Gasteiger partial charge on any atom is 0.239 e. The van der Waals surface area contributed by atoms with Crippen molar-refractivity contribution < 1.29 is 14.0 Å². The van der Waals surface area contributed by atoms with Crippen LogP contribution in [0.3, 0.4) is 0 Å². The van der Waals surface area contributed by atoms with E-state index in [1.165, 1.54) is 0 Å². The Morgan fingerprint density at radius 3 is 2.71 bits per heavy atom. The average molecular weight is 327 g/mol. The van der Waals surface area contributed by atoms with Crippen molar-refractivity contribution in [3.63, 3.8) is 0 Å². The smallest absolute Gasteiger partial charge is 0.239 e. The Kier molecular flexibility index (Phi) is 5.28. The normalized spacial score (nSPS) is 14.7. The van der Waals surface area contributed by atoms with Crippen molar-refractivity contribution in [2.24, 2.45) is 0 Å². The van der Waals surface area contributed by atoms with Crippen LogP contribution in [0.25, 0.3) is 0 Å². The molecule has 1 aliphatic heterocycles. The Balaban J connectivity index is 1.66. The minimum Gasteiger partial charge on any atom is -0.468 e. The van der Waals surface area contributed by atoms with E-state index >= 15 is 0 Å². The van der Waals surface area contributed by atoms with Crippen molar-refractivity contribution in [3.05, 3.63) is 60.1 Å². The summed E-state index contributed by atoms with van der Waals surface area (Å²) in [4.78, 5) is 27.7. The number of hydrogen-bond donors (Lipinski definition) is 1. The van der Waals surface area contributed by atoms with Crippen LogP contribution in [0.2, 0.25) is 0 Å².